The van der Waals surface area contributed by atoms with Crippen LogP contribution in [0.3, 0.4) is 0 Å². The minimum Gasteiger partial charge on any atom is -0.467 e. The number of amides is 2. The normalized spacial score (nSPS) is 11.2. The largest absolute Gasteiger partial charge is 0.467 e. The quantitative estimate of drug-likeness (QED) is 0.255. The number of urea groups is 1. The number of thiazole rings is 1. The maximum Gasteiger partial charge on any atom is 0.322 e. The summed E-state index contributed by atoms with van der Waals surface area (Å²) >= 11 is 7.85. The summed E-state index contributed by atoms with van der Waals surface area (Å²) in [6.45, 7) is 4.88. The lowest BCUT2D eigenvalue weighted by atomic mass is 10.1. The number of carbonyl (C=O) groups excluding carboxylic acids is 1. The number of anilines is 1. The number of halogens is 1. The third kappa shape index (κ3) is 5.26. The number of benzene rings is 2. The van der Waals surface area contributed by atoms with Crippen molar-refractivity contribution in [3.05, 3.63) is 100 Å². The van der Waals surface area contributed by atoms with Gasteiger partial charge in [-0.1, -0.05) is 47.5 Å². The Hall–Kier alpha value is -3.55. The highest BCUT2D eigenvalue weighted by Crippen LogP contribution is 2.25. The van der Waals surface area contributed by atoms with Crippen LogP contribution in [0.25, 0.3) is 16.2 Å². The molecule has 0 unspecified atom stereocenters. The number of rotatable bonds is 7. The second kappa shape index (κ2) is 9.98. The molecule has 8 heteroatoms. The van der Waals surface area contributed by atoms with E-state index in [0.717, 1.165) is 33.2 Å². The molecule has 0 bridgehead atoms. The number of fused-ring (bicyclic) bond motifs is 1. The molecule has 6 nitrogen and oxygen atoms in total. The van der Waals surface area contributed by atoms with E-state index in [1.165, 1.54) is 5.56 Å². The zero-order valence-corrected chi connectivity index (χ0v) is 21.1. The van der Waals surface area contributed by atoms with E-state index < -0.39 is 0 Å². The maximum absolute atomic E-state index is 13.2. The molecule has 0 saturated heterocycles. The van der Waals surface area contributed by atoms with Crippen LogP contribution < -0.4 is 5.32 Å². The Morgan fingerprint density at radius 1 is 1.17 bits per heavy atom. The van der Waals surface area contributed by atoms with Crippen molar-refractivity contribution in [1.29, 1.82) is 0 Å². The summed E-state index contributed by atoms with van der Waals surface area (Å²) in [6, 6.07) is 17.4. The van der Waals surface area contributed by atoms with E-state index in [1.54, 1.807) is 28.6 Å². The van der Waals surface area contributed by atoms with Crippen LogP contribution in [-0.2, 0) is 13.0 Å². The predicted octanol–water partition coefficient (Wildman–Crippen LogP) is 7.20. The van der Waals surface area contributed by atoms with Crippen molar-refractivity contribution in [2.24, 2.45) is 0 Å². The van der Waals surface area contributed by atoms with Crippen LogP contribution in [-0.4, -0.2) is 26.9 Å². The highest BCUT2D eigenvalue weighted by atomic mass is 35.5. The molecule has 0 aliphatic rings. The topological polar surface area (TPSA) is 62.8 Å². The van der Waals surface area contributed by atoms with Gasteiger partial charge in [0, 0.05) is 46.5 Å². The van der Waals surface area contributed by atoms with E-state index in [0.29, 0.717) is 30.2 Å². The van der Waals surface area contributed by atoms with Crippen LogP contribution in [0.2, 0.25) is 5.02 Å². The zero-order valence-electron chi connectivity index (χ0n) is 19.5. The van der Waals surface area contributed by atoms with Crippen molar-refractivity contribution in [3.8, 4) is 11.3 Å². The van der Waals surface area contributed by atoms with Gasteiger partial charge in [0.15, 0.2) is 4.96 Å². The summed E-state index contributed by atoms with van der Waals surface area (Å²) in [4.78, 5) is 20.7. The van der Waals surface area contributed by atoms with Gasteiger partial charge in [0.1, 0.15) is 5.76 Å². The van der Waals surface area contributed by atoms with Gasteiger partial charge in [-0.25, -0.2) is 9.78 Å². The molecule has 0 aliphatic carbocycles. The molecule has 2 amide bonds. The number of carbonyl (C=O) groups is 1. The number of aryl methyl sites for hydroxylation is 2. The monoisotopic (exact) mass is 504 g/mol. The molecule has 5 aromatic rings. The van der Waals surface area contributed by atoms with Gasteiger partial charge in [-0.15, -0.1) is 11.3 Å². The molecule has 0 aliphatic heterocycles. The standard InChI is InChI=1S/C27H25ClN4O2S/c1-18-5-8-20(9-6-18)25-16-32-22(17-35-27(32)30-25)11-12-31(15-23-4-3-13-34-23)26(33)29-21-10-7-19(2)24(28)14-21/h3-10,13-14,16-17H,11-12,15H2,1-2H3,(H,29,33). The van der Waals surface area contributed by atoms with E-state index in [1.807, 2.05) is 31.2 Å². The van der Waals surface area contributed by atoms with Gasteiger partial charge < -0.3 is 14.6 Å². The number of hydrogen-bond acceptors (Lipinski definition) is 4. The highest BCUT2D eigenvalue weighted by molar-refractivity contribution is 7.15. The number of nitrogens with one attached hydrogen (secondary N) is 1. The SMILES string of the molecule is Cc1ccc(-c2cn3c(CCN(Cc4ccco4)C(=O)Nc4ccc(C)c(Cl)c4)csc3n2)cc1. The third-order valence-electron chi connectivity index (χ3n) is 5.91. The summed E-state index contributed by atoms with van der Waals surface area (Å²) in [5.41, 5.74) is 5.98. The van der Waals surface area contributed by atoms with E-state index in [9.17, 15) is 4.79 Å². The fourth-order valence-electron chi connectivity index (χ4n) is 3.84. The van der Waals surface area contributed by atoms with Gasteiger partial charge in [-0.2, -0.15) is 0 Å². The van der Waals surface area contributed by atoms with Crippen LogP contribution in [0.5, 0.6) is 0 Å². The highest BCUT2D eigenvalue weighted by Gasteiger charge is 2.18. The van der Waals surface area contributed by atoms with Gasteiger partial charge in [0.05, 0.1) is 18.5 Å². The minimum atomic E-state index is -0.209. The van der Waals surface area contributed by atoms with Crippen LogP contribution >= 0.6 is 22.9 Å². The lowest BCUT2D eigenvalue weighted by Gasteiger charge is -2.22. The molecular formula is C27H25ClN4O2S. The zero-order chi connectivity index (χ0) is 24.4. The number of furan rings is 1. The van der Waals surface area contributed by atoms with Crippen molar-refractivity contribution < 1.29 is 9.21 Å². The van der Waals surface area contributed by atoms with E-state index in [-0.39, 0.29) is 6.03 Å². The van der Waals surface area contributed by atoms with Gasteiger partial charge in [-0.3, -0.25) is 4.40 Å². The minimum absolute atomic E-state index is 0.209. The van der Waals surface area contributed by atoms with Crippen molar-refractivity contribution in [3.63, 3.8) is 0 Å². The van der Waals surface area contributed by atoms with Gasteiger partial charge in [-0.05, 0) is 43.7 Å². The molecule has 0 spiro atoms. The summed E-state index contributed by atoms with van der Waals surface area (Å²) in [7, 11) is 0. The van der Waals surface area contributed by atoms with E-state index in [4.69, 9.17) is 21.0 Å². The van der Waals surface area contributed by atoms with Crippen LogP contribution in [0, 0.1) is 13.8 Å². The first-order chi connectivity index (χ1) is 17.0. The Labute approximate surface area is 212 Å². The molecule has 0 radical (unpaired) electrons. The first-order valence-electron chi connectivity index (χ1n) is 11.3. The summed E-state index contributed by atoms with van der Waals surface area (Å²) in [5, 5.41) is 5.68. The Morgan fingerprint density at radius 3 is 2.74 bits per heavy atom. The van der Waals surface area contributed by atoms with Crippen molar-refractivity contribution in [2.75, 3.05) is 11.9 Å². The molecule has 35 heavy (non-hydrogen) atoms. The first kappa shape index (κ1) is 23.2. The number of aromatic nitrogens is 2. The molecule has 3 heterocycles. The van der Waals surface area contributed by atoms with E-state index >= 15 is 0 Å². The molecule has 0 atom stereocenters. The fraction of sp³-hybridized carbons (Fsp3) is 0.185. The lowest BCUT2D eigenvalue weighted by molar-refractivity contribution is 0.204. The third-order valence-corrected chi connectivity index (χ3v) is 7.20. The second-order valence-electron chi connectivity index (χ2n) is 8.52. The van der Waals surface area contributed by atoms with Crippen LogP contribution in [0.15, 0.2) is 76.9 Å². The average molecular weight is 505 g/mol. The first-order valence-corrected chi connectivity index (χ1v) is 12.6. The molecule has 5 rings (SSSR count). The summed E-state index contributed by atoms with van der Waals surface area (Å²) < 4.78 is 7.62. The number of nitrogens with zero attached hydrogens (tertiary/aromatic N) is 3. The summed E-state index contributed by atoms with van der Waals surface area (Å²) in [6.07, 6.45) is 4.36. The molecule has 2 aromatic carbocycles. The molecular weight excluding hydrogens is 480 g/mol. The number of hydrogen-bond donors (Lipinski definition) is 1. The van der Waals surface area contributed by atoms with Gasteiger partial charge in [0.25, 0.3) is 0 Å². The lowest BCUT2D eigenvalue weighted by Crippen LogP contribution is -2.36. The average Bonchev–Trinajstić information content (AvgIpc) is 3.58. The Morgan fingerprint density at radius 2 is 2.00 bits per heavy atom. The molecule has 3 aromatic heterocycles. The van der Waals surface area contributed by atoms with Crippen LogP contribution in [0.1, 0.15) is 22.6 Å². The fourth-order valence-corrected chi connectivity index (χ4v) is 4.93. The summed E-state index contributed by atoms with van der Waals surface area (Å²) in [5.74, 6) is 0.724. The maximum atomic E-state index is 13.2. The van der Waals surface area contributed by atoms with Crippen molar-refractivity contribution in [1.82, 2.24) is 14.3 Å². The Balaban J connectivity index is 1.34. The second-order valence-corrected chi connectivity index (χ2v) is 9.76. The smallest absolute Gasteiger partial charge is 0.322 e. The molecule has 0 saturated carbocycles. The molecule has 178 valence electrons. The Bertz CT molecular complexity index is 1450. The van der Waals surface area contributed by atoms with E-state index in [2.05, 4.69) is 52.5 Å². The van der Waals surface area contributed by atoms with Gasteiger partial charge >= 0.3 is 6.03 Å². The number of imidazole rings is 1. The molecule has 0 fully saturated rings. The van der Waals surface area contributed by atoms with Gasteiger partial charge in [0.2, 0.25) is 0 Å². The van der Waals surface area contributed by atoms with Crippen molar-refractivity contribution >= 4 is 39.6 Å². The predicted molar refractivity (Wildman–Crippen MR) is 141 cm³/mol. The van der Waals surface area contributed by atoms with Crippen molar-refractivity contribution in [2.45, 2.75) is 26.8 Å². The Kier molecular flexibility index (Phi) is 6.61. The molecule has 1 N–H and O–H groups in total. The van der Waals surface area contributed by atoms with Crippen LogP contribution in [0.4, 0.5) is 10.5 Å².